The molecule has 0 unspecified atom stereocenters. The SMILES string of the molecule is CN(CCc1c[nH]c2ccccc12)c1ccccc1. The van der Waals surface area contributed by atoms with Crippen LogP contribution < -0.4 is 4.90 Å². The Balaban J connectivity index is 1.73. The number of likely N-dealkylation sites (N-methyl/N-ethyl adjacent to an activating group) is 1. The molecular weight excluding hydrogens is 232 g/mol. The Labute approximate surface area is 113 Å². The van der Waals surface area contributed by atoms with E-state index in [1.54, 1.807) is 0 Å². The van der Waals surface area contributed by atoms with Gasteiger partial charge in [0.15, 0.2) is 0 Å². The molecule has 0 aliphatic heterocycles. The molecule has 0 bridgehead atoms. The van der Waals surface area contributed by atoms with Crippen molar-refractivity contribution in [3.05, 3.63) is 66.4 Å². The van der Waals surface area contributed by atoms with Gasteiger partial charge >= 0.3 is 0 Å². The first-order valence-electron chi connectivity index (χ1n) is 6.66. The van der Waals surface area contributed by atoms with Gasteiger partial charge in [-0.25, -0.2) is 0 Å². The van der Waals surface area contributed by atoms with Crippen molar-refractivity contribution in [2.45, 2.75) is 6.42 Å². The van der Waals surface area contributed by atoms with E-state index in [1.165, 1.54) is 22.2 Å². The van der Waals surface area contributed by atoms with Crippen molar-refractivity contribution in [1.29, 1.82) is 0 Å². The second kappa shape index (κ2) is 5.19. The van der Waals surface area contributed by atoms with Crippen LogP contribution in [0.25, 0.3) is 10.9 Å². The molecule has 0 saturated carbocycles. The number of anilines is 1. The smallest absolute Gasteiger partial charge is 0.0456 e. The Morgan fingerprint density at radius 2 is 1.68 bits per heavy atom. The fourth-order valence-electron chi connectivity index (χ4n) is 2.44. The fourth-order valence-corrected chi connectivity index (χ4v) is 2.44. The molecule has 0 aliphatic carbocycles. The molecule has 96 valence electrons. The lowest BCUT2D eigenvalue weighted by atomic mass is 10.1. The van der Waals surface area contributed by atoms with Gasteiger partial charge in [-0.3, -0.25) is 0 Å². The van der Waals surface area contributed by atoms with Gasteiger partial charge in [-0.15, -0.1) is 0 Å². The predicted molar refractivity (Wildman–Crippen MR) is 81.7 cm³/mol. The molecule has 1 aromatic heterocycles. The zero-order chi connectivity index (χ0) is 13.1. The standard InChI is InChI=1S/C17H18N2/c1-19(15-7-3-2-4-8-15)12-11-14-13-18-17-10-6-5-9-16(14)17/h2-10,13,18H,11-12H2,1H3. The third-order valence-electron chi connectivity index (χ3n) is 3.59. The molecule has 0 fully saturated rings. The van der Waals surface area contributed by atoms with Gasteiger partial charge in [-0.2, -0.15) is 0 Å². The third-order valence-corrected chi connectivity index (χ3v) is 3.59. The van der Waals surface area contributed by atoms with Crippen LogP contribution in [-0.2, 0) is 6.42 Å². The Morgan fingerprint density at radius 1 is 0.947 bits per heavy atom. The van der Waals surface area contributed by atoms with Crippen molar-refractivity contribution in [2.24, 2.45) is 0 Å². The van der Waals surface area contributed by atoms with Crippen LogP contribution in [0.3, 0.4) is 0 Å². The lowest BCUT2D eigenvalue weighted by Crippen LogP contribution is -2.19. The van der Waals surface area contributed by atoms with Gasteiger partial charge in [0.25, 0.3) is 0 Å². The molecule has 19 heavy (non-hydrogen) atoms. The maximum absolute atomic E-state index is 3.33. The van der Waals surface area contributed by atoms with Crippen molar-refractivity contribution in [1.82, 2.24) is 4.98 Å². The highest BCUT2D eigenvalue weighted by Gasteiger charge is 2.05. The van der Waals surface area contributed by atoms with Gasteiger partial charge < -0.3 is 9.88 Å². The number of nitrogens with one attached hydrogen (secondary N) is 1. The zero-order valence-corrected chi connectivity index (χ0v) is 11.1. The topological polar surface area (TPSA) is 19.0 Å². The summed E-state index contributed by atoms with van der Waals surface area (Å²) in [5, 5.41) is 1.34. The van der Waals surface area contributed by atoms with Gasteiger partial charge in [0.05, 0.1) is 0 Å². The molecule has 0 radical (unpaired) electrons. The van der Waals surface area contributed by atoms with Crippen LogP contribution >= 0.6 is 0 Å². The number of hydrogen-bond donors (Lipinski definition) is 1. The number of benzene rings is 2. The third kappa shape index (κ3) is 2.48. The molecule has 2 aromatic carbocycles. The van der Waals surface area contributed by atoms with Crippen LogP contribution in [0.4, 0.5) is 5.69 Å². The minimum atomic E-state index is 1.02. The number of aromatic amines is 1. The van der Waals surface area contributed by atoms with E-state index < -0.39 is 0 Å². The first-order chi connectivity index (χ1) is 9.34. The number of hydrogen-bond acceptors (Lipinski definition) is 1. The zero-order valence-electron chi connectivity index (χ0n) is 11.1. The maximum Gasteiger partial charge on any atom is 0.0456 e. The summed E-state index contributed by atoms with van der Waals surface area (Å²) in [6.07, 6.45) is 3.18. The van der Waals surface area contributed by atoms with Crippen molar-refractivity contribution < 1.29 is 0 Å². The van der Waals surface area contributed by atoms with Crippen molar-refractivity contribution in [3.8, 4) is 0 Å². The molecule has 1 N–H and O–H groups in total. The van der Waals surface area contributed by atoms with Crippen molar-refractivity contribution in [2.75, 3.05) is 18.5 Å². The Hall–Kier alpha value is -2.22. The number of rotatable bonds is 4. The Kier molecular flexibility index (Phi) is 3.23. The lowest BCUT2D eigenvalue weighted by molar-refractivity contribution is 0.881. The summed E-state index contributed by atoms with van der Waals surface area (Å²) in [5.41, 5.74) is 3.88. The number of nitrogens with zero attached hydrogens (tertiary/aromatic N) is 1. The monoisotopic (exact) mass is 250 g/mol. The van der Waals surface area contributed by atoms with E-state index in [1.807, 2.05) is 0 Å². The molecule has 1 heterocycles. The van der Waals surface area contributed by atoms with Crippen LogP contribution in [0, 0.1) is 0 Å². The van der Waals surface area contributed by atoms with Gasteiger partial charge in [0, 0.05) is 36.4 Å². The van der Waals surface area contributed by atoms with Crippen molar-refractivity contribution in [3.63, 3.8) is 0 Å². The highest BCUT2D eigenvalue weighted by Crippen LogP contribution is 2.19. The quantitative estimate of drug-likeness (QED) is 0.745. The van der Waals surface area contributed by atoms with E-state index in [0.29, 0.717) is 0 Å². The minimum absolute atomic E-state index is 1.02. The van der Waals surface area contributed by atoms with E-state index in [4.69, 9.17) is 0 Å². The largest absolute Gasteiger partial charge is 0.374 e. The average molecular weight is 250 g/mol. The molecule has 0 spiro atoms. The molecule has 3 rings (SSSR count). The molecular formula is C17H18N2. The fraction of sp³-hybridized carbons (Fsp3) is 0.176. The van der Waals surface area contributed by atoms with Gasteiger partial charge in [-0.05, 0) is 30.2 Å². The number of H-pyrrole nitrogens is 1. The van der Waals surface area contributed by atoms with Crippen LogP contribution in [0.1, 0.15) is 5.56 Å². The molecule has 2 heteroatoms. The first kappa shape index (κ1) is 11.8. The second-order valence-electron chi connectivity index (χ2n) is 4.87. The van der Waals surface area contributed by atoms with Crippen LogP contribution in [0.5, 0.6) is 0 Å². The summed E-state index contributed by atoms with van der Waals surface area (Å²) in [6, 6.07) is 19.0. The molecule has 2 nitrogen and oxygen atoms in total. The van der Waals surface area contributed by atoms with E-state index in [2.05, 4.69) is 77.7 Å². The van der Waals surface area contributed by atoms with Gasteiger partial charge in [0.1, 0.15) is 0 Å². The van der Waals surface area contributed by atoms with E-state index in [0.717, 1.165) is 13.0 Å². The Morgan fingerprint density at radius 3 is 2.53 bits per heavy atom. The van der Waals surface area contributed by atoms with E-state index >= 15 is 0 Å². The van der Waals surface area contributed by atoms with Crippen LogP contribution in [0.15, 0.2) is 60.8 Å². The summed E-state index contributed by atoms with van der Waals surface area (Å²) >= 11 is 0. The molecule has 3 aromatic rings. The molecule has 0 aliphatic rings. The number of para-hydroxylation sites is 2. The predicted octanol–water partition coefficient (Wildman–Crippen LogP) is 3.85. The second-order valence-corrected chi connectivity index (χ2v) is 4.87. The highest BCUT2D eigenvalue weighted by molar-refractivity contribution is 5.83. The van der Waals surface area contributed by atoms with Crippen LogP contribution in [-0.4, -0.2) is 18.6 Å². The highest BCUT2D eigenvalue weighted by atomic mass is 15.1. The number of fused-ring (bicyclic) bond motifs is 1. The van der Waals surface area contributed by atoms with Gasteiger partial charge in [0.2, 0.25) is 0 Å². The molecule has 0 amide bonds. The summed E-state index contributed by atoms with van der Waals surface area (Å²) in [7, 11) is 2.14. The average Bonchev–Trinajstić information content (AvgIpc) is 2.89. The summed E-state index contributed by atoms with van der Waals surface area (Å²) in [5.74, 6) is 0. The summed E-state index contributed by atoms with van der Waals surface area (Å²) < 4.78 is 0. The summed E-state index contributed by atoms with van der Waals surface area (Å²) in [6.45, 7) is 1.02. The summed E-state index contributed by atoms with van der Waals surface area (Å²) in [4.78, 5) is 5.63. The van der Waals surface area contributed by atoms with E-state index in [9.17, 15) is 0 Å². The van der Waals surface area contributed by atoms with E-state index in [-0.39, 0.29) is 0 Å². The van der Waals surface area contributed by atoms with Crippen molar-refractivity contribution >= 4 is 16.6 Å². The Bertz CT molecular complexity index is 655. The van der Waals surface area contributed by atoms with Gasteiger partial charge in [-0.1, -0.05) is 36.4 Å². The maximum atomic E-state index is 3.33. The number of aromatic nitrogens is 1. The van der Waals surface area contributed by atoms with Crippen LogP contribution in [0.2, 0.25) is 0 Å². The molecule has 0 atom stereocenters. The molecule has 0 saturated heterocycles. The first-order valence-corrected chi connectivity index (χ1v) is 6.66. The normalized spacial score (nSPS) is 10.8. The minimum Gasteiger partial charge on any atom is -0.374 e. The lowest BCUT2D eigenvalue weighted by Gasteiger charge is -2.18.